The summed E-state index contributed by atoms with van der Waals surface area (Å²) in [5.41, 5.74) is 0.639. The van der Waals surface area contributed by atoms with E-state index < -0.39 is 0 Å². The number of hydrogen-bond donors (Lipinski definition) is 1. The second-order valence-electron chi connectivity index (χ2n) is 2.38. The third kappa shape index (κ3) is 3.29. The van der Waals surface area contributed by atoms with Crippen LogP contribution < -0.4 is 5.32 Å². The van der Waals surface area contributed by atoms with Gasteiger partial charge in [0.1, 0.15) is 17.7 Å². The SMILES string of the molecule is CSc1ncc(NC=C(C#N)C#N)cn1. The first-order valence-electron chi connectivity index (χ1n) is 3.93. The molecule has 1 rings (SSSR count). The molecule has 1 N–H and O–H groups in total. The van der Waals surface area contributed by atoms with Crippen LogP contribution in [0, 0.1) is 22.7 Å². The minimum Gasteiger partial charge on any atom is -0.357 e. The van der Waals surface area contributed by atoms with E-state index in [9.17, 15) is 0 Å². The summed E-state index contributed by atoms with van der Waals surface area (Å²) < 4.78 is 0. The van der Waals surface area contributed by atoms with Crippen molar-refractivity contribution in [2.24, 2.45) is 0 Å². The van der Waals surface area contributed by atoms with Gasteiger partial charge in [0.15, 0.2) is 5.16 Å². The van der Waals surface area contributed by atoms with Gasteiger partial charge < -0.3 is 5.32 Å². The lowest BCUT2D eigenvalue weighted by Gasteiger charge is -1.99. The molecule has 0 unspecified atom stereocenters. The molecule has 74 valence electrons. The fourth-order valence-corrected chi connectivity index (χ4v) is 1.06. The predicted octanol–water partition coefficient (Wildman–Crippen LogP) is 1.54. The van der Waals surface area contributed by atoms with Gasteiger partial charge in [-0.15, -0.1) is 0 Å². The number of nitriles is 2. The molecule has 0 aliphatic carbocycles. The lowest BCUT2D eigenvalue weighted by molar-refractivity contribution is 0.972. The van der Waals surface area contributed by atoms with Gasteiger partial charge in [0.05, 0.1) is 18.1 Å². The molecule has 6 heteroatoms. The molecule has 0 aliphatic rings. The fraction of sp³-hybridized carbons (Fsp3) is 0.111. The first-order chi connectivity index (χ1) is 7.30. The second-order valence-corrected chi connectivity index (χ2v) is 3.16. The Labute approximate surface area is 91.5 Å². The maximum Gasteiger partial charge on any atom is 0.187 e. The Morgan fingerprint density at radius 2 is 2.00 bits per heavy atom. The van der Waals surface area contributed by atoms with Gasteiger partial charge in [-0.2, -0.15) is 10.5 Å². The van der Waals surface area contributed by atoms with Crippen molar-refractivity contribution in [1.29, 1.82) is 10.5 Å². The number of aromatic nitrogens is 2. The van der Waals surface area contributed by atoms with E-state index in [0.717, 1.165) is 0 Å². The van der Waals surface area contributed by atoms with Crippen molar-refractivity contribution < 1.29 is 0 Å². The summed E-state index contributed by atoms with van der Waals surface area (Å²) in [6, 6.07) is 3.47. The summed E-state index contributed by atoms with van der Waals surface area (Å²) in [7, 11) is 0. The lowest BCUT2D eigenvalue weighted by atomic mass is 10.3. The molecule has 0 fully saturated rings. The van der Waals surface area contributed by atoms with Crippen LogP contribution in [0.15, 0.2) is 29.3 Å². The highest BCUT2D eigenvalue weighted by Gasteiger charge is 1.95. The predicted molar refractivity (Wildman–Crippen MR) is 56.7 cm³/mol. The Bertz CT molecular complexity index is 421. The Morgan fingerprint density at radius 1 is 1.40 bits per heavy atom. The first-order valence-corrected chi connectivity index (χ1v) is 5.15. The van der Waals surface area contributed by atoms with Crippen molar-refractivity contribution in [2.75, 3.05) is 11.6 Å². The van der Waals surface area contributed by atoms with Gasteiger partial charge >= 0.3 is 0 Å². The highest BCUT2D eigenvalue weighted by Crippen LogP contribution is 2.10. The van der Waals surface area contributed by atoms with Crippen LogP contribution in [0.1, 0.15) is 0 Å². The Morgan fingerprint density at radius 3 is 2.47 bits per heavy atom. The molecular formula is C9H7N5S. The number of thioether (sulfide) groups is 1. The number of hydrogen-bond acceptors (Lipinski definition) is 6. The molecule has 0 aromatic carbocycles. The van der Waals surface area contributed by atoms with Crippen molar-refractivity contribution in [2.45, 2.75) is 5.16 Å². The zero-order valence-electron chi connectivity index (χ0n) is 7.93. The third-order valence-electron chi connectivity index (χ3n) is 1.43. The summed E-state index contributed by atoms with van der Waals surface area (Å²) in [5.74, 6) is 0. The number of nitrogens with zero attached hydrogens (tertiary/aromatic N) is 4. The fourth-order valence-electron chi connectivity index (χ4n) is 0.741. The largest absolute Gasteiger partial charge is 0.357 e. The normalized spacial score (nSPS) is 8.47. The van der Waals surface area contributed by atoms with Gasteiger partial charge in [0, 0.05) is 6.20 Å². The van der Waals surface area contributed by atoms with E-state index in [-0.39, 0.29) is 5.57 Å². The number of anilines is 1. The number of allylic oxidation sites excluding steroid dienone is 1. The molecule has 0 amide bonds. The number of nitrogens with one attached hydrogen (secondary N) is 1. The van der Waals surface area contributed by atoms with Crippen molar-refractivity contribution >= 4 is 17.4 Å². The summed E-state index contributed by atoms with van der Waals surface area (Å²) in [6.07, 6.45) is 6.37. The van der Waals surface area contributed by atoms with Gasteiger partial charge in [-0.1, -0.05) is 11.8 Å². The van der Waals surface area contributed by atoms with Crippen LogP contribution in [0.5, 0.6) is 0 Å². The minimum atomic E-state index is 0.00365. The molecule has 0 radical (unpaired) electrons. The number of rotatable bonds is 3. The quantitative estimate of drug-likeness (QED) is 0.469. The first kappa shape index (κ1) is 11.0. The Hall–Kier alpha value is -2.05. The average Bonchev–Trinajstić information content (AvgIpc) is 2.31. The van der Waals surface area contributed by atoms with Crippen LogP contribution in [-0.2, 0) is 0 Å². The summed E-state index contributed by atoms with van der Waals surface area (Å²) in [4.78, 5) is 8.04. The molecule has 0 saturated heterocycles. The van der Waals surface area contributed by atoms with Crippen molar-refractivity contribution in [3.63, 3.8) is 0 Å². The van der Waals surface area contributed by atoms with E-state index in [1.165, 1.54) is 18.0 Å². The van der Waals surface area contributed by atoms with Crippen LogP contribution in [-0.4, -0.2) is 16.2 Å². The third-order valence-corrected chi connectivity index (χ3v) is 2.01. The van der Waals surface area contributed by atoms with E-state index in [0.29, 0.717) is 10.8 Å². The lowest BCUT2D eigenvalue weighted by Crippen LogP contribution is -1.93. The summed E-state index contributed by atoms with van der Waals surface area (Å²) >= 11 is 1.44. The zero-order valence-corrected chi connectivity index (χ0v) is 8.75. The highest BCUT2D eigenvalue weighted by atomic mass is 32.2. The maximum absolute atomic E-state index is 8.47. The van der Waals surface area contributed by atoms with Crippen LogP contribution in [0.4, 0.5) is 5.69 Å². The zero-order chi connectivity index (χ0) is 11.1. The standard InChI is InChI=1S/C9H7N5S/c1-15-9-13-5-8(6-14-9)12-4-7(2-10)3-11/h4-6,12H,1H3. The molecule has 5 nitrogen and oxygen atoms in total. The summed E-state index contributed by atoms with van der Waals surface area (Å²) in [5, 5.41) is 20.4. The molecule has 1 heterocycles. The Balaban J connectivity index is 2.71. The molecule has 0 atom stereocenters. The van der Waals surface area contributed by atoms with Crippen LogP contribution in [0.3, 0.4) is 0 Å². The monoisotopic (exact) mass is 217 g/mol. The smallest absolute Gasteiger partial charge is 0.187 e. The molecule has 0 aliphatic heterocycles. The molecule has 1 aromatic heterocycles. The van der Waals surface area contributed by atoms with E-state index in [1.54, 1.807) is 24.5 Å². The minimum absolute atomic E-state index is 0.00365. The van der Waals surface area contributed by atoms with Gasteiger partial charge in [-0.05, 0) is 6.26 Å². The van der Waals surface area contributed by atoms with Gasteiger partial charge in [0.2, 0.25) is 0 Å². The average molecular weight is 217 g/mol. The van der Waals surface area contributed by atoms with Crippen LogP contribution in [0.2, 0.25) is 0 Å². The molecular weight excluding hydrogens is 210 g/mol. The topological polar surface area (TPSA) is 85.4 Å². The maximum atomic E-state index is 8.47. The van der Waals surface area contributed by atoms with Crippen molar-refractivity contribution in [1.82, 2.24) is 9.97 Å². The molecule has 15 heavy (non-hydrogen) atoms. The molecule has 0 spiro atoms. The van der Waals surface area contributed by atoms with Gasteiger partial charge in [-0.25, -0.2) is 9.97 Å². The van der Waals surface area contributed by atoms with Crippen LogP contribution in [0.25, 0.3) is 0 Å². The summed E-state index contributed by atoms with van der Waals surface area (Å²) in [6.45, 7) is 0. The highest BCUT2D eigenvalue weighted by molar-refractivity contribution is 7.98. The van der Waals surface area contributed by atoms with E-state index in [2.05, 4.69) is 15.3 Å². The van der Waals surface area contributed by atoms with Crippen molar-refractivity contribution in [3.8, 4) is 12.1 Å². The van der Waals surface area contributed by atoms with Crippen molar-refractivity contribution in [3.05, 3.63) is 24.2 Å². The van der Waals surface area contributed by atoms with Gasteiger partial charge in [0.25, 0.3) is 0 Å². The molecule has 0 bridgehead atoms. The molecule has 0 saturated carbocycles. The molecule has 1 aromatic rings. The van der Waals surface area contributed by atoms with E-state index in [1.807, 2.05) is 6.26 Å². The Kier molecular flexibility index (Phi) is 4.14. The van der Waals surface area contributed by atoms with Gasteiger partial charge in [-0.3, -0.25) is 0 Å². The second kappa shape index (κ2) is 5.63. The van der Waals surface area contributed by atoms with E-state index >= 15 is 0 Å². The van der Waals surface area contributed by atoms with E-state index in [4.69, 9.17) is 10.5 Å². The van der Waals surface area contributed by atoms with Crippen LogP contribution >= 0.6 is 11.8 Å².